The van der Waals surface area contributed by atoms with Gasteiger partial charge in [0.25, 0.3) is 0 Å². The SMILES string of the molecule is C1CC(NN2CCOCC2)C1. The van der Waals surface area contributed by atoms with Gasteiger partial charge in [-0.1, -0.05) is 6.42 Å². The van der Waals surface area contributed by atoms with E-state index < -0.39 is 0 Å². The van der Waals surface area contributed by atoms with Gasteiger partial charge in [0.15, 0.2) is 0 Å². The molecular formula is C8H16N2O. The van der Waals surface area contributed by atoms with Crippen LogP contribution in [-0.2, 0) is 4.74 Å². The third-order valence-corrected chi connectivity index (χ3v) is 2.48. The van der Waals surface area contributed by atoms with Crippen LogP contribution in [0.5, 0.6) is 0 Å². The predicted molar refractivity (Wildman–Crippen MR) is 43.2 cm³/mol. The van der Waals surface area contributed by atoms with Crippen LogP contribution in [0.3, 0.4) is 0 Å². The minimum Gasteiger partial charge on any atom is -0.379 e. The van der Waals surface area contributed by atoms with Gasteiger partial charge in [-0.15, -0.1) is 0 Å². The molecule has 3 heteroatoms. The van der Waals surface area contributed by atoms with E-state index in [4.69, 9.17) is 4.74 Å². The zero-order valence-corrected chi connectivity index (χ0v) is 6.88. The molecule has 0 atom stereocenters. The first-order valence-electron chi connectivity index (χ1n) is 4.54. The van der Waals surface area contributed by atoms with Gasteiger partial charge in [0, 0.05) is 19.1 Å². The molecule has 1 heterocycles. The second kappa shape index (κ2) is 3.52. The topological polar surface area (TPSA) is 24.5 Å². The molecule has 1 saturated heterocycles. The number of hydrazine groups is 1. The van der Waals surface area contributed by atoms with Crippen LogP contribution in [0.2, 0.25) is 0 Å². The van der Waals surface area contributed by atoms with E-state index in [-0.39, 0.29) is 0 Å². The summed E-state index contributed by atoms with van der Waals surface area (Å²) >= 11 is 0. The molecule has 3 nitrogen and oxygen atoms in total. The molecule has 0 radical (unpaired) electrons. The molecule has 0 amide bonds. The molecule has 0 aromatic carbocycles. The molecule has 11 heavy (non-hydrogen) atoms. The normalized spacial score (nSPS) is 28.4. The van der Waals surface area contributed by atoms with Crippen molar-refractivity contribution in [2.45, 2.75) is 25.3 Å². The number of morpholine rings is 1. The van der Waals surface area contributed by atoms with Gasteiger partial charge in [0.05, 0.1) is 13.2 Å². The molecule has 1 saturated carbocycles. The number of rotatable bonds is 2. The molecular weight excluding hydrogens is 140 g/mol. The lowest BCUT2D eigenvalue weighted by Crippen LogP contribution is -2.52. The summed E-state index contributed by atoms with van der Waals surface area (Å²) in [7, 11) is 0. The smallest absolute Gasteiger partial charge is 0.0608 e. The third-order valence-electron chi connectivity index (χ3n) is 2.48. The fraction of sp³-hybridized carbons (Fsp3) is 1.00. The Hall–Kier alpha value is -0.120. The Morgan fingerprint density at radius 3 is 2.45 bits per heavy atom. The van der Waals surface area contributed by atoms with Crippen LogP contribution in [0.15, 0.2) is 0 Å². The zero-order valence-electron chi connectivity index (χ0n) is 6.88. The first kappa shape index (κ1) is 7.53. The van der Waals surface area contributed by atoms with E-state index in [1.807, 2.05) is 0 Å². The molecule has 0 unspecified atom stereocenters. The Kier molecular flexibility index (Phi) is 2.41. The van der Waals surface area contributed by atoms with Crippen molar-refractivity contribution >= 4 is 0 Å². The largest absolute Gasteiger partial charge is 0.379 e. The Labute approximate surface area is 67.7 Å². The van der Waals surface area contributed by atoms with Gasteiger partial charge in [-0.2, -0.15) is 0 Å². The van der Waals surface area contributed by atoms with Gasteiger partial charge in [-0.25, -0.2) is 5.01 Å². The quantitative estimate of drug-likeness (QED) is 0.625. The summed E-state index contributed by atoms with van der Waals surface area (Å²) in [4.78, 5) is 0. The Bertz CT molecular complexity index is 119. The summed E-state index contributed by atoms with van der Waals surface area (Å²) in [6.07, 6.45) is 4.12. The lowest BCUT2D eigenvalue weighted by atomic mass is 9.94. The van der Waals surface area contributed by atoms with Crippen LogP contribution in [-0.4, -0.2) is 37.4 Å². The van der Waals surface area contributed by atoms with Crippen LogP contribution >= 0.6 is 0 Å². The Balaban J connectivity index is 1.67. The molecule has 0 aromatic heterocycles. The van der Waals surface area contributed by atoms with E-state index >= 15 is 0 Å². The summed E-state index contributed by atoms with van der Waals surface area (Å²) in [6, 6.07) is 0.771. The van der Waals surface area contributed by atoms with Crippen molar-refractivity contribution in [3.8, 4) is 0 Å². The average molecular weight is 156 g/mol. The van der Waals surface area contributed by atoms with E-state index in [2.05, 4.69) is 10.4 Å². The van der Waals surface area contributed by atoms with Crippen molar-refractivity contribution in [2.24, 2.45) is 0 Å². The highest BCUT2D eigenvalue weighted by molar-refractivity contribution is 4.75. The minimum atomic E-state index is 0.771. The van der Waals surface area contributed by atoms with E-state index in [1.165, 1.54) is 19.3 Å². The second-order valence-electron chi connectivity index (χ2n) is 3.36. The molecule has 0 bridgehead atoms. The molecule has 1 N–H and O–H groups in total. The molecule has 1 aliphatic carbocycles. The van der Waals surface area contributed by atoms with Gasteiger partial charge >= 0.3 is 0 Å². The number of hydrogen-bond donors (Lipinski definition) is 1. The van der Waals surface area contributed by atoms with Gasteiger partial charge < -0.3 is 4.74 Å². The highest BCUT2D eigenvalue weighted by Crippen LogP contribution is 2.18. The van der Waals surface area contributed by atoms with E-state index in [9.17, 15) is 0 Å². The zero-order chi connectivity index (χ0) is 7.52. The fourth-order valence-electron chi connectivity index (χ4n) is 1.49. The van der Waals surface area contributed by atoms with Crippen LogP contribution in [0, 0.1) is 0 Å². The summed E-state index contributed by atoms with van der Waals surface area (Å²) in [5.74, 6) is 0. The summed E-state index contributed by atoms with van der Waals surface area (Å²) in [5.41, 5.74) is 3.51. The molecule has 0 aromatic rings. The molecule has 1 aliphatic heterocycles. The van der Waals surface area contributed by atoms with Crippen molar-refractivity contribution in [1.82, 2.24) is 10.4 Å². The van der Waals surface area contributed by atoms with Crippen molar-refractivity contribution in [2.75, 3.05) is 26.3 Å². The van der Waals surface area contributed by atoms with Crippen molar-refractivity contribution in [3.05, 3.63) is 0 Å². The Morgan fingerprint density at radius 1 is 1.18 bits per heavy atom. The first-order chi connectivity index (χ1) is 5.45. The van der Waals surface area contributed by atoms with Crippen LogP contribution < -0.4 is 5.43 Å². The van der Waals surface area contributed by atoms with E-state index in [1.54, 1.807) is 0 Å². The number of nitrogens with zero attached hydrogens (tertiary/aromatic N) is 1. The molecule has 64 valence electrons. The van der Waals surface area contributed by atoms with E-state index in [0.717, 1.165) is 32.3 Å². The van der Waals surface area contributed by atoms with Gasteiger partial charge in [0.2, 0.25) is 0 Å². The highest BCUT2D eigenvalue weighted by Gasteiger charge is 2.20. The Morgan fingerprint density at radius 2 is 1.91 bits per heavy atom. The maximum atomic E-state index is 5.25. The molecule has 2 aliphatic rings. The van der Waals surface area contributed by atoms with Crippen molar-refractivity contribution in [3.63, 3.8) is 0 Å². The predicted octanol–water partition coefficient (Wildman–Crippen LogP) is 0.376. The van der Waals surface area contributed by atoms with Crippen LogP contribution in [0.25, 0.3) is 0 Å². The van der Waals surface area contributed by atoms with Gasteiger partial charge in [-0.3, -0.25) is 5.43 Å². The number of ether oxygens (including phenoxy) is 1. The fourth-order valence-corrected chi connectivity index (χ4v) is 1.49. The standard InChI is InChI=1S/C8H16N2O/c1-2-8(3-1)9-10-4-6-11-7-5-10/h8-9H,1-7H2. The summed E-state index contributed by atoms with van der Waals surface area (Å²) in [6.45, 7) is 3.88. The number of hydrogen-bond acceptors (Lipinski definition) is 3. The van der Waals surface area contributed by atoms with Gasteiger partial charge in [-0.05, 0) is 12.8 Å². The van der Waals surface area contributed by atoms with Crippen LogP contribution in [0.1, 0.15) is 19.3 Å². The van der Waals surface area contributed by atoms with E-state index in [0.29, 0.717) is 0 Å². The van der Waals surface area contributed by atoms with Gasteiger partial charge in [0.1, 0.15) is 0 Å². The molecule has 2 fully saturated rings. The minimum absolute atomic E-state index is 0.771. The maximum Gasteiger partial charge on any atom is 0.0608 e. The molecule has 2 rings (SSSR count). The lowest BCUT2D eigenvalue weighted by Gasteiger charge is -2.35. The van der Waals surface area contributed by atoms with Crippen LogP contribution in [0.4, 0.5) is 0 Å². The van der Waals surface area contributed by atoms with Crippen molar-refractivity contribution in [1.29, 1.82) is 0 Å². The van der Waals surface area contributed by atoms with Crippen molar-refractivity contribution < 1.29 is 4.74 Å². The first-order valence-corrected chi connectivity index (χ1v) is 4.54. The monoisotopic (exact) mass is 156 g/mol. The third kappa shape index (κ3) is 1.92. The lowest BCUT2D eigenvalue weighted by molar-refractivity contribution is -0.00385. The molecule has 0 spiro atoms. The summed E-state index contributed by atoms with van der Waals surface area (Å²) < 4.78 is 5.25. The average Bonchev–Trinajstić information content (AvgIpc) is 1.99. The summed E-state index contributed by atoms with van der Waals surface area (Å²) in [5, 5.41) is 2.30. The number of nitrogens with one attached hydrogen (secondary N) is 1. The maximum absolute atomic E-state index is 5.25. The second-order valence-corrected chi connectivity index (χ2v) is 3.36. The highest BCUT2D eigenvalue weighted by atomic mass is 16.5.